The van der Waals surface area contributed by atoms with Crippen molar-refractivity contribution < 1.29 is 13.2 Å². The summed E-state index contributed by atoms with van der Waals surface area (Å²) in [4.78, 5) is 12.9. The molecule has 6 nitrogen and oxygen atoms in total. The van der Waals surface area contributed by atoms with Gasteiger partial charge in [-0.15, -0.1) is 0 Å². The van der Waals surface area contributed by atoms with E-state index in [2.05, 4.69) is 26.5 Å². The molecule has 3 aromatic carbocycles. The Morgan fingerprint density at radius 3 is 2.30 bits per heavy atom. The summed E-state index contributed by atoms with van der Waals surface area (Å²) in [7, 11) is -3.98. The monoisotopic (exact) mass is 527 g/mol. The number of rotatable bonds is 7. The van der Waals surface area contributed by atoms with E-state index in [-0.39, 0.29) is 4.90 Å². The van der Waals surface area contributed by atoms with Gasteiger partial charge in [-0.2, -0.15) is 5.10 Å². The average Bonchev–Trinajstić information content (AvgIpc) is 2.77. The van der Waals surface area contributed by atoms with Gasteiger partial charge in [0.1, 0.15) is 6.54 Å². The number of carbonyl (C=O) groups is 1. The standard InChI is InChI=1S/C25H26BrN3O3S/c1-17-9-12-23(13-10-17)33(31,32)29(24-14-18(2)8-11-19(24)3)16-25(30)28-27-20(4)21-6-5-7-22(26)15-21/h5-15H,16H2,1-4H3,(H,28,30)/b27-20-. The zero-order valence-corrected chi connectivity index (χ0v) is 21.4. The van der Waals surface area contributed by atoms with Crippen molar-refractivity contribution in [3.05, 3.63) is 93.5 Å². The summed E-state index contributed by atoms with van der Waals surface area (Å²) in [5.41, 5.74) is 6.98. The van der Waals surface area contributed by atoms with Crippen LogP contribution in [0.25, 0.3) is 0 Å². The molecule has 0 radical (unpaired) electrons. The molecule has 0 aliphatic rings. The van der Waals surface area contributed by atoms with Gasteiger partial charge in [-0.1, -0.05) is 57.9 Å². The molecule has 33 heavy (non-hydrogen) atoms. The highest BCUT2D eigenvalue weighted by Gasteiger charge is 2.28. The molecule has 1 amide bonds. The van der Waals surface area contributed by atoms with E-state index < -0.39 is 22.5 Å². The minimum Gasteiger partial charge on any atom is -0.271 e. The highest BCUT2D eigenvalue weighted by atomic mass is 79.9. The molecule has 0 saturated heterocycles. The Morgan fingerprint density at radius 2 is 1.64 bits per heavy atom. The second-order valence-corrected chi connectivity index (χ2v) is 10.6. The summed E-state index contributed by atoms with van der Waals surface area (Å²) in [6, 6.07) is 19.6. The minimum atomic E-state index is -3.98. The van der Waals surface area contributed by atoms with Crippen LogP contribution in [0.4, 0.5) is 5.69 Å². The molecule has 0 saturated carbocycles. The van der Waals surface area contributed by atoms with Gasteiger partial charge in [0.15, 0.2) is 0 Å². The van der Waals surface area contributed by atoms with Crippen molar-refractivity contribution in [1.29, 1.82) is 0 Å². The van der Waals surface area contributed by atoms with Crippen LogP contribution in [-0.2, 0) is 14.8 Å². The number of hydrogen-bond donors (Lipinski definition) is 1. The Labute approximate surface area is 203 Å². The van der Waals surface area contributed by atoms with Crippen molar-refractivity contribution in [3.63, 3.8) is 0 Å². The summed E-state index contributed by atoms with van der Waals surface area (Å²) in [6.07, 6.45) is 0. The van der Waals surface area contributed by atoms with Crippen LogP contribution >= 0.6 is 15.9 Å². The number of carbonyl (C=O) groups excluding carboxylic acids is 1. The summed E-state index contributed by atoms with van der Waals surface area (Å²) >= 11 is 3.41. The van der Waals surface area contributed by atoms with Crippen LogP contribution in [0.1, 0.15) is 29.2 Å². The minimum absolute atomic E-state index is 0.121. The van der Waals surface area contributed by atoms with Crippen LogP contribution in [0.3, 0.4) is 0 Å². The molecule has 0 fully saturated rings. The van der Waals surface area contributed by atoms with E-state index in [1.807, 2.05) is 57.2 Å². The quantitative estimate of drug-likeness (QED) is 0.342. The lowest BCUT2D eigenvalue weighted by atomic mass is 10.1. The lowest BCUT2D eigenvalue weighted by molar-refractivity contribution is -0.119. The molecule has 3 rings (SSSR count). The highest BCUT2D eigenvalue weighted by molar-refractivity contribution is 9.10. The van der Waals surface area contributed by atoms with Crippen LogP contribution in [0.2, 0.25) is 0 Å². The van der Waals surface area contributed by atoms with Gasteiger partial charge in [0, 0.05) is 4.47 Å². The predicted molar refractivity (Wildman–Crippen MR) is 136 cm³/mol. The van der Waals surface area contributed by atoms with Crippen LogP contribution in [0.15, 0.2) is 81.2 Å². The molecule has 0 aliphatic carbocycles. The van der Waals surface area contributed by atoms with Crippen LogP contribution < -0.4 is 9.73 Å². The number of nitrogens with zero attached hydrogens (tertiary/aromatic N) is 2. The topological polar surface area (TPSA) is 78.8 Å². The SMILES string of the molecule is C/C(=N/NC(=O)CN(c1cc(C)ccc1C)S(=O)(=O)c1ccc(C)cc1)c1cccc(Br)c1. The smallest absolute Gasteiger partial charge is 0.264 e. The molecular weight excluding hydrogens is 502 g/mol. The second-order valence-electron chi connectivity index (χ2n) is 7.86. The first-order chi connectivity index (χ1) is 15.6. The van der Waals surface area contributed by atoms with Crippen molar-refractivity contribution in [1.82, 2.24) is 5.43 Å². The zero-order chi connectivity index (χ0) is 24.2. The Hall–Kier alpha value is -2.97. The van der Waals surface area contributed by atoms with Gasteiger partial charge in [-0.05, 0) is 74.7 Å². The van der Waals surface area contributed by atoms with Gasteiger partial charge in [0.2, 0.25) is 0 Å². The molecule has 0 aromatic heterocycles. The lowest BCUT2D eigenvalue weighted by Crippen LogP contribution is -2.40. The Balaban J connectivity index is 1.93. The number of aryl methyl sites for hydroxylation is 3. The first-order valence-electron chi connectivity index (χ1n) is 10.3. The first kappa shape index (κ1) is 24.7. The Kier molecular flexibility index (Phi) is 7.71. The van der Waals surface area contributed by atoms with Gasteiger partial charge < -0.3 is 0 Å². The van der Waals surface area contributed by atoms with Crippen LogP contribution in [0, 0.1) is 20.8 Å². The van der Waals surface area contributed by atoms with E-state index in [1.165, 1.54) is 0 Å². The molecule has 0 spiro atoms. The van der Waals surface area contributed by atoms with Crippen molar-refractivity contribution in [2.75, 3.05) is 10.8 Å². The summed E-state index contributed by atoms with van der Waals surface area (Å²) < 4.78 is 29.1. The third-order valence-corrected chi connectivity index (χ3v) is 7.39. The number of hydrogen-bond acceptors (Lipinski definition) is 4. The van der Waals surface area contributed by atoms with E-state index in [4.69, 9.17) is 0 Å². The third kappa shape index (κ3) is 6.09. The number of hydrazone groups is 1. The van der Waals surface area contributed by atoms with Crippen molar-refractivity contribution in [2.45, 2.75) is 32.6 Å². The van der Waals surface area contributed by atoms with Gasteiger partial charge >= 0.3 is 0 Å². The van der Waals surface area contributed by atoms with E-state index in [0.29, 0.717) is 11.4 Å². The molecule has 0 heterocycles. The maximum atomic E-state index is 13.5. The van der Waals surface area contributed by atoms with E-state index in [9.17, 15) is 13.2 Å². The molecule has 0 unspecified atom stereocenters. The molecule has 3 aromatic rings. The normalized spacial score (nSPS) is 11.8. The van der Waals surface area contributed by atoms with Gasteiger partial charge in [0.05, 0.1) is 16.3 Å². The third-order valence-electron chi connectivity index (χ3n) is 5.12. The fraction of sp³-hybridized carbons (Fsp3) is 0.200. The fourth-order valence-electron chi connectivity index (χ4n) is 3.22. The van der Waals surface area contributed by atoms with Crippen molar-refractivity contribution in [2.24, 2.45) is 5.10 Å². The molecule has 1 N–H and O–H groups in total. The number of amides is 1. The van der Waals surface area contributed by atoms with Crippen LogP contribution in [-0.4, -0.2) is 26.6 Å². The molecule has 0 aliphatic heterocycles. The summed E-state index contributed by atoms with van der Waals surface area (Å²) in [6.45, 7) is 6.95. The van der Waals surface area contributed by atoms with Crippen molar-refractivity contribution >= 4 is 43.3 Å². The van der Waals surface area contributed by atoms with E-state index >= 15 is 0 Å². The number of halogens is 1. The molecular formula is C25H26BrN3O3S. The maximum Gasteiger partial charge on any atom is 0.264 e. The average molecular weight is 528 g/mol. The van der Waals surface area contributed by atoms with Gasteiger partial charge in [-0.3, -0.25) is 9.10 Å². The predicted octanol–water partition coefficient (Wildman–Crippen LogP) is 5.11. The number of anilines is 1. The van der Waals surface area contributed by atoms with Gasteiger partial charge in [-0.25, -0.2) is 13.8 Å². The number of benzene rings is 3. The van der Waals surface area contributed by atoms with Gasteiger partial charge in [0.25, 0.3) is 15.9 Å². The molecule has 0 atom stereocenters. The Morgan fingerprint density at radius 1 is 0.970 bits per heavy atom. The molecule has 0 bridgehead atoms. The summed E-state index contributed by atoms with van der Waals surface area (Å²) in [5.74, 6) is -0.541. The fourth-order valence-corrected chi connectivity index (χ4v) is 5.09. The Bertz CT molecular complexity index is 1300. The van der Waals surface area contributed by atoms with E-state index in [0.717, 1.165) is 31.0 Å². The van der Waals surface area contributed by atoms with Crippen molar-refractivity contribution in [3.8, 4) is 0 Å². The maximum absolute atomic E-state index is 13.5. The highest BCUT2D eigenvalue weighted by Crippen LogP contribution is 2.28. The zero-order valence-electron chi connectivity index (χ0n) is 19.0. The largest absolute Gasteiger partial charge is 0.271 e. The van der Waals surface area contributed by atoms with E-state index in [1.54, 1.807) is 37.3 Å². The molecule has 172 valence electrons. The number of sulfonamides is 1. The summed E-state index contributed by atoms with van der Waals surface area (Å²) in [5, 5.41) is 4.16. The molecule has 8 heteroatoms. The number of nitrogens with one attached hydrogen (secondary N) is 1. The lowest BCUT2D eigenvalue weighted by Gasteiger charge is -2.25. The first-order valence-corrected chi connectivity index (χ1v) is 12.6. The second kappa shape index (κ2) is 10.3. The van der Waals surface area contributed by atoms with Crippen LogP contribution in [0.5, 0.6) is 0 Å².